The fourth-order valence-electron chi connectivity index (χ4n) is 1.72. The number of benzene rings is 1. The lowest BCUT2D eigenvalue weighted by atomic mass is 9.87. The van der Waals surface area contributed by atoms with Crippen LogP contribution in [0.2, 0.25) is 0 Å². The highest BCUT2D eigenvalue weighted by molar-refractivity contribution is 7.99. The summed E-state index contributed by atoms with van der Waals surface area (Å²) in [5.74, 6) is 0.0354. The van der Waals surface area contributed by atoms with Crippen LogP contribution in [0.1, 0.15) is 32.8 Å². The highest BCUT2D eigenvalue weighted by Gasteiger charge is 2.15. The summed E-state index contributed by atoms with van der Waals surface area (Å²) >= 11 is 1.25. The topological polar surface area (TPSA) is 76.2 Å². The molecule has 0 saturated heterocycles. The lowest BCUT2D eigenvalue weighted by Gasteiger charge is -2.18. The number of rotatable bonds is 5. The summed E-state index contributed by atoms with van der Waals surface area (Å²) < 4.78 is 5.52. The SMILES string of the molecule is CC(C)(C)c1ccc(-c2nnc(SCCC(=O)O)o2)cc1. The number of aromatic nitrogens is 2. The molecular formula is C15H18N2O3S. The predicted molar refractivity (Wildman–Crippen MR) is 81.4 cm³/mol. The van der Waals surface area contributed by atoms with Crippen LogP contribution in [0.25, 0.3) is 11.5 Å². The third-order valence-corrected chi connectivity index (χ3v) is 3.77. The van der Waals surface area contributed by atoms with Gasteiger partial charge in [-0.1, -0.05) is 44.7 Å². The molecule has 2 rings (SSSR count). The molecule has 0 aliphatic heterocycles. The van der Waals surface area contributed by atoms with Crippen molar-refractivity contribution in [2.45, 2.75) is 37.8 Å². The van der Waals surface area contributed by atoms with E-state index < -0.39 is 5.97 Å². The van der Waals surface area contributed by atoms with Crippen LogP contribution in [0.3, 0.4) is 0 Å². The number of nitrogens with zero attached hydrogens (tertiary/aromatic N) is 2. The van der Waals surface area contributed by atoms with Gasteiger partial charge in [-0.05, 0) is 23.1 Å². The molecule has 1 aromatic carbocycles. The lowest BCUT2D eigenvalue weighted by molar-refractivity contribution is -0.136. The third-order valence-electron chi connectivity index (χ3n) is 2.95. The number of carbonyl (C=O) groups is 1. The van der Waals surface area contributed by atoms with Gasteiger partial charge in [0.1, 0.15) is 0 Å². The Morgan fingerprint density at radius 3 is 2.48 bits per heavy atom. The van der Waals surface area contributed by atoms with Gasteiger partial charge in [0, 0.05) is 11.3 Å². The van der Waals surface area contributed by atoms with Crippen molar-refractivity contribution >= 4 is 17.7 Å². The molecular weight excluding hydrogens is 288 g/mol. The first-order valence-corrected chi connectivity index (χ1v) is 7.64. The Balaban J connectivity index is 2.05. The monoisotopic (exact) mass is 306 g/mol. The van der Waals surface area contributed by atoms with E-state index >= 15 is 0 Å². The van der Waals surface area contributed by atoms with Gasteiger partial charge in [0.25, 0.3) is 5.22 Å². The Kier molecular flexibility index (Phi) is 4.67. The molecule has 1 N–H and O–H groups in total. The summed E-state index contributed by atoms with van der Waals surface area (Å²) in [6.45, 7) is 6.48. The minimum atomic E-state index is -0.833. The maximum atomic E-state index is 10.4. The zero-order chi connectivity index (χ0) is 15.5. The Labute approximate surface area is 127 Å². The normalized spacial score (nSPS) is 11.6. The zero-order valence-corrected chi connectivity index (χ0v) is 13.1. The van der Waals surface area contributed by atoms with Gasteiger partial charge < -0.3 is 9.52 Å². The van der Waals surface area contributed by atoms with Gasteiger partial charge in [-0.2, -0.15) is 0 Å². The van der Waals surface area contributed by atoms with Gasteiger partial charge in [0.2, 0.25) is 5.89 Å². The standard InChI is InChI=1S/C15H18N2O3S/c1-15(2,3)11-6-4-10(5-7-11)13-16-17-14(20-13)21-9-8-12(18)19/h4-7H,8-9H2,1-3H3,(H,18,19). The first-order chi connectivity index (χ1) is 9.86. The van der Waals surface area contributed by atoms with Crippen molar-refractivity contribution < 1.29 is 14.3 Å². The Hall–Kier alpha value is -1.82. The van der Waals surface area contributed by atoms with E-state index in [2.05, 4.69) is 43.1 Å². The van der Waals surface area contributed by atoms with E-state index in [9.17, 15) is 4.79 Å². The van der Waals surface area contributed by atoms with Crippen molar-refractivity contribution in [2.24, 2.45) is 0 Å². The maximum absolute atomic E-state index is 10.4. The Morgan fingerprint density at radius 2 is 1.90 bits per heavy atom. The Morgan fingerprint density at radius 1 is 1.24 bits per heavy atom. The van der Waals surface area contributed by atoms with Crippen molar-refractivity contribution in [3.05, 3.63) is 29.8 Å². The van der Waals surface area contributed by atoms with Crippen LogP contribution in [0.5, 0.6) is 0 Å². The van der Waals surface area contributed by atoms with Crippen LogP contribution in [0.4, 0.5) is 0 Å². The molecule has 0 fully saturated rings. The van der Waals surface area contributed by atoms with Crippen molar-refractivity contribution in [3.8, 4) is 11.5 Å². The molecule has 2 aromatic rings. The molecule has 112 valence electrons. The number of hydrogen-bond acceptors (Lipinski definition) is 5. The molecule has 0 radical (unpaired) electrons. The predicted octanol–water partition coefficient (Wildman–Crippen LogP) is 3.60. The molecule has 0 aliphatic carbocycles. The van der Waals surface area contributed by atoms with Crippen molar-refractivity contribution in [3.63, 3.8) is 0 Å². The van der Waals surface area contributed by atoms with Gasteiger partial charge in [-0.15, -0.1) is 10.2 Å². The second kappa shape index (κ2) is 6.30. The van der Waals surface area contributed by atoms with E-state index in [-0.39, 0.29) is 11.8 Å². The maximum Gasteiger partial charge on any atom is 0.304 e. The fraction of sp³-hybridized carbons (Fsp3) is 0.400. The Bertz CT molecular complexity index is 615. The first kappa shape index (κ1) is 15.6. The van der Waals surface area contributed by atoms with E-state index in [4.69, 9.17) is 9.52 Å². The van der Waals surface area contributed by atoms with Gasteiger partial charge in [0.05, 0.1) is 6.42 Å². The molecule has 1 aromatic heterocycles. The summed E-state index contributed by atoms with van der Waals surface area (Å²) in [6, 6.07) is 8.02. The second-order valence-electron chi connectivity index (χ2n) is 5.69. The zero-order valence-electron chi connectivity index (χ0n) is 12.3. The van der Waals surface area contributed by atoms with Crippen LogP contribution >= 0.6 is 11.8 Å². The fourth-order valence-corrected chi connectivity index (χ4v) is 2.41. The molecule has 5 nitrogen and oxygen atoms in total. The molecule has 0 spiro atoms. The molecule has 0 atom stereocenters. The van der Waals surface area contributed by atoms with Crippen LogP contribution < -0.4 is 0 Å². The van der Waals surface area contributed by atoms with Crippen LogP contribution in [0, 0.1) is 0 Å². The van der Waals surface area contributed by atoms with Crippen LogP contribution in [-0.2, 0) is 10.2 Å². The molecule has 0 amide bonds. The van der Waals surface area contributed by atoms with Crippen molar-refractivity contribution in [1.82, 2.24) is 10.2 Å². The molecule has 0 saturated carbocycles. The highest BCUT2D eigenvalue weighted by Crippen LogP contribution is 2.27. The van der Waals surface area contributed by atoms with Gasteiger partial charge in [-0.3, -0.25) is 4.79 Å². The van der Waals surface area contributed by atoms with E-state index in [0.29, 0.717) is 16.9 Å². The molecule has 6 heteroatoms. The van der Waals surface area contributed by atoms with Crippen molar-refractivity contribution in [2.75, 3.05) is 5.75 Å². The lowest BCUT2D eigenvalue weighted by Crippen LogP contribution is -2.10. The average Bonchev–Trinajstić information content (AvgIpc) is 2.86. The average molecular weight is 306 g/mol. The number of carboxylic acid groups (broad SMARTS) is 1. The van der Waals surface area contributed by atoms with Gasteiger partial charge in [0.15, 0.2) is 0 Å². The molecule has 0 unspecified atom stereocenters. The first-order valence-electron chi connectivity index (χ1n) is 6.65. The van der Waals surface area contributed by atoms with Crippen LogP contribution in [-0.4, -0.2) is 27.0 Å². The van der Waals surface area contributed by atoms with Gasteiger partial charge in [-0.25, -0.2) is 0 Å². The second-order valence-corrected chi connectivity index (χ2v) is 6.74. The van der Waals surface area contributed by atoms with E-state index in [1.807, 2.05) is 12.1 Å². The minimum absolute atomic E-state index is 0.0721. The number of carboxylic acids is 1. The molecule has 21 heavy (non-hydrogen) atoms. The number of hydrogen-bond donors (Lipinski definition) is 1. The van der Waals surface area contributed by atoms with E-state index in [1.165, 1.54) is 17.3 Å². The van der Waals surface area contributed by atoms with Crippen molar-refractivity contribution in [1.29, 1.82) is 0 Å². The van der Waals surface area contributed by atoms with E-state index in [1.54, 1.807) is 0 Å². The van der Waals surface area contributed by atoms with Gasteiger partial charge >= 0.3 is 5.97 Å². The quantitative estimate of drug-likeness (QED) is 0.851. The summed E-state index contributed by atoms with van der Waals surface area (Å²) in [6.07, 6.45) is 0.0721. The summed E-state index contributed by atoms with van der Waals surface area (Å²) in [4.78, 5) is 10.4. The smallest absolute Gasteiger partial charge is 0.304 e. The molecule has 0 aliphatic rings. The third kappa shape index (κ3) is 4.32. The largest absolute Gasteiger partial charge is 0.481 e. The molecule has 0 bridgehead atoms. The minimum Gasteiger partial charge on any atom is -0.481 e. The van der Waals surface area contributed by atoms with Crippen LogP contribution in [0.15, 0.2) is 33.9 Å². The number of thioether (sulfide) groups is 1. The molecule has 1 heterocycles. The summed E-state index contributed by atoms with van der Waals surface area (Å²) in [7, 11) is 0. The number of aliphatic carboxylic acids is 1. The highest BCUT2D eigenvalue weighted by atomic mass is 32.2. The van der Waals surface area contributed by atoms with E-state index in [0.717, 1.165) is 5.56 Å². The summed E-state index contributed by atoms with van der Waals surface area (Å²) in [5, 5.41) is 16.9. The summed E-state index contributed by atoms with van der Waals surface area (Å²) in [5.41, 5.74) is 2.20.